The van der Waals surface area contributed by atoms with Crippen molar-refractivity contribution in [3.05, 3.63) is 82.4 Å². The van der Waals surface area contributed by atoms with Gasteiger partial charge in [-0.15, -0.1) is 0 Å². The Morgan fingerprint density at radius 2 is 1.71 bits per heavy atom. The molecule has 1 atom stereocenters. The van der Waals surface area contributed by atoms with Gasteiger partial charge in [0.15, 0.2) is 0 Å². The number of hydrogen-bond acceptors (Lipinski definition) is 5. The third-order valence-electron chi connectivity index (χ3n) is 6.41. The second-order valence-electron chi connectivity index (χ2n) is 8.78. The number of hydrogen-bond donors (Lipinski definition) is 3. The molecular weight excluding hydrogens is 510 g/mol. The number of anilines is 2. The maximum absolute atomic E-state index is 13.3. The highest BCUT2D eigenvalue weighted by Gasteiger charge is 2.31. The summed E-state index contributed by atoms with van der Waals surface area (Å²) in [6, 6.07) is 16.4. The molecule has 0 radical (unpaired) electrons. The number of aromatic carboxylic acids is 1. The average Bonchev–Trinajstić information content (AvgIpc) is 3.40. The van der Waals surface area contributed by atoms with Crippen LogP contribution < -0.4 is 20.1 Å². The van der Waals surface area contributed by atoms with E-state index in [4.69, 9.17) is 21.1 Å². The van der Waals surface area contributed by atoms with Crippen molar-refractivity contribution in [1.82, 2.24) is 4.90 Å². The fourth-order valence-corrected chi connectivity index (χ4v) is 4.75. The number of nitrogens with zero attached hydrogens (tertiary/aromatic N) is 1. The van der Waals surface area contributed by atoms with Crippen LogP contribution in [-0.4, -0.2) is 48.7 Å². The molecule has 1 aliphatic rings. The molecule has 0 saturated carbocycles. The van der Waals surface area contributed by atoms with Crippen LogP contribution in [0.5, 0.6) is 11.5 Å². The first-order valence-corrected chi connectivity index (χ1v) is 12.4. The number of carbonyl (C=O) groups is 3. The van der Waals surface area contributed by atoms with Crippen molar-refractivity contribution in [2.75, 3.05) is 31.4 Å². The number of ether oxygens (including phenoxy) is 2. The van der Waals surface area contributed by atoms with Crippen molar-refractivity contribution < 1.29 is 29.0 Å². The Hall–Kier alpha value is -4.24. The number of carbonyl (C=O) groups excluding carboxylic acids is 2. The summed E-state index contributed by atoms with van der Waals surface area (Å²) in [6.45, 7) is 0.603. The zero-order chi connectivity index (χ0) is 27.2. The number of carboxylic acid groups (broad SMARTS) is 1. The molecule has 38 heavy (non-hydrogen) atoms. The number of methoxy groups -OCH3 is 2. The molecule has 0 unspecified atom stereocenters. The summed E-state index contributed by atoms with van der Waals surface area (Å²) >= 11 is 6.10. The number of nitrogens with one attached hydrogen (secondary N) is 2. The smallest absolute Gasteiger partial charge is 0.339 e. The molecule has 3 aromatic carbocycles. The first kappa shape index (κ1) is 26.8. The summed E-state index contributed by atoms with van der Waals surface area (Å²) in [7, 11) is 2.91. The van der Waals surface area contributed by atoms with Gasteiger partial charge in [-0.2, -0.15) is 0 Å². The molecule has 0 spiro atoms. The second-order valence-corrected chi connectivity index (χ2v) is 9.19. The third kappa shape index (κ3) is 6.00. The van der Waals surface area contributed by atoms with Gasteiger partial charge in [-0.25, -0.2) is 9.59 Å². The molecule has 198 valence electrons. The number of benzene rings is 3. The van der Waals surface area contributed by atoms with Gasteiger partial charge in [0.1, 0.15) is 17.1 Å². The Labute approximate surface area is 225 Å². The van der Waals surface area contributed by atoms with Gasteiger partial charge in [-0.3, -0.25) is 4.79 Å². The van der Waals surface area contributed by atoms with E-state index in [-0.39, 0.29) is 29.7 Å². The monoisotopic (exact) mass is 537 g/mol. The summed E-state index contributed by atoms with van der Waals surface area (Å²) in [4.78, 5) is 39.0. The largest absolute Gasteiger partial charge is 0.496 e. The molecule has 1 saturated heterocycles. The maximum Gasteiger partial charge on any atom is 0.339 e. The standard InChI is InChI=1S/C28H28ClN3O6/c1-37-24-16-18(10-11-19(24)27(34)35)23-8-5-13-32(23)26(33)15-17-9-12-22(25(14-17)38-2)31-28(36)30-21-7-4-3-6-20(21)29/h3-4,6-7,9-12,14,16,23H,5,8,13,15H2,1-2H3,(H,34,35)(H2,30,31,36)/t23-/m0/s1. The molecular formula is C28H28ClN3O6. The topological polar surface area (TPSA) is 117 Å². The molecule has 3 amide bonds. The molecule has 0 bridgehead atoms. The first-order valence-electron chi connectivity index (χ1n) is 12.0. The summed E-state index contributed by atoms with van der Waals surface area (Å²) < 4.78 is 10.7. The van der Waals surface area contributed by atoms with Gasteiger partial charge in [0, 0.05) is 6.54 Å². The van der Waals surface area contributed by atoms with Crippen molar-refractivity contribution in [2.24, 2.45) is 0 Å². The molecule has 4 rings (SSSR count). The normalized spacial score (nSPS) is 14.6. The Balaban J connectivity index is 1.45. The van der Waals surface area contributed by atoms with Gasteiger partial charge in [0.25, 0.3) is 0 Å². The molecule has 1 fully saturated rings. The number of likely N-dealkylation sites (tertiary alicyclic amines) is 1. The van der Waals surface area contributed by atoms with Crippen molar-refractivity contribution >= 4 is 40.9 Å². The molecule has 1 aliphatic heterocycles. The van der Waals surface area contributed by atoms with E-state index in [1.807, 2.05) is 4.90 Å². The van der Waals surface area contributed by atoms with E-state index in [1.165, 1.54) is 20.3 Å². The summed E-state index contributed by atoms with van der Waals surface area (Å²) in [5, 5.41) is 15.2. The number of urea groups is 1. The van der Waals surface area contributed by atoms with Crippen LogP contribution in [0.1, 0.15) is 40.4 Å². The Bertz CT molecular complexity index is 1360. The van der Waals surface area contributed by atoms with Gasteiger partial charge >= 0.3 is 12.0 Å². The molecule has 9 nitrogen and oxygen atoms in total. The van der Waals surface area contributed by atoms with Crippen LogP contribution in [0.4, 0.5) is 16.2 Å². The van der Waals surface area contributed by atoms with Gasteiger partial charge in [-0.1, -0.05) is 35.9 Å². The van der Waals surface area contributed by atoms with Gasteiger partial charge in [0.05, 0.1) is 43.1 Å². The molecule has 0 aliphatic carbocycles. The van der Waals surface area contributed by atoms with Crippen LogP contribution in [0, 0.1) is 0 Å². The number of halogens is 1. The van der Waals surface area contributed by atoms with Crippen LogP contribution in [0.2, 0.25) is 5.02 Å². The maximum atomic E-state index is 13.3. The summed E-state index contributed by atoms with van der Waals surface area (Å²) in [5.41, 5.74) is 2.56. The lowest BCUT2D eigenvalue weighted by molar-refractivity contribution is -0.131. The fraction of sp³-hybridized carbons (Fsp3) is 0.250. The van der Waals surface area contributed by atoms with Crippen molar-refractivity contribution in [3.63, 3.8) is 0 Å². The third-order valence-corrected chi connectivity index (χ3v) is 6.74. The van der Waals surface area contributed by atoms with Crippen LogP contribution >= 0.6 is 11.6 Å². The highest BCUT2D eigenvalue weighted by molar-refractivity contribution is 6.33. The Morgan fingerprint density at radius 1 is 0.974 bits per heavy atom. The molecule has 0 aromatic heterocycles. The quantitative estimate of drug-likeness (QED) is 0.344. The molecule has 3 aromatic rings. The van der Waals surface area contributed by atoms with Gasteiger partial charge in [-0.05, 0) is 60.4 Å². The van der Waals surface area contributed by atoms with E-state index >= 15 is 0 Å². The van der Waals surface area contributed by atoms with Crippen molar-refractivity contribution in [3.8, 4) is 11.5 Å². The van der Waals surface area contributed by atoms with E-state index in [2.05, 4.69) is 10.6 Å². The lowest BCUT2D eigenvalue weighted by Gasteiger charge is -2.26. The molecule has 10 heteroatoms. The van der Waals surface area contributed by atoms with Crippen LogP contribution in [-0.2, 0) is 11.2 Å². The zero-order valence-electron chi connectivity index (χ0n) is 21.0. The Kier molecular flexibility index (Phi) is 8.38. The minimum atomic E-state index is -1.07. The van der Waals surface area contributed by atoms with Crippen molar-refractivity contribution in [2.45, 2.75) is 25.3 Å². The SMILES string of the molecule is COc1cc(CC(=O)N2CCC[C@H]2c2ccc(C(=O)O)c(OC)c2)ccc1NC(=O)Nc1ccccc1Cl. The lowest BCUT2D eigenvalue weighted by Crippen LogP contribution is -2.32. The van der Waals surface area contributed by atoms with Crippen LogP contribution in [0.3, 0.4) is 0 Å². The lowest BCUT2D eigenvalue weighted by atomic mass is 10.0. The number of para-hydroxylation sites is 1. The van der Waals surface area contributed by atoms with E-state index < -0.39 is 12.0 Å². The van der Waals surface area contributed by atoms with Crippen LogP contribution in [0.25, 0.3) is 0 Å². The van der Waals surface area contributed by atoms with E-state index in [1.54, 1.807) is 54.6 Å². The minimum Gasteiger partial charge on any atom is -0.496 e. The highest BCUT2D eigenvalue weighted by Crippen LogP contribution is 2.35. The highest BCUT2D eigenvalue weighted by atomic mass is 35.5. The number of carboxylic acids is 1. The van der Waals surface area contributed by atoms with Crippen LogP contribution in [0.15, 0.2) is 60.7 Å². The fourth-order valence-electron chi connectivity index (χ4n) is 4.57. The number of rotatable bonds is 8. The van der Waals surface area contributed by atoms with Gasteiger partial charge in [0.2, 0.25) is 5.91 Å². The second kappa shape index (κ2) is 11.9. The first-order chi connectivity index (χ1) is 18.3. The molecule has 1 heterocycles. The molecule has 3 N–H and O–H groups in total. The van der Waals surface area contributed by atoms with Crippen molar-refractivity contribution in [1.29, 1.82) is 0 Å². The predicted octanol–water partition coefficient (Wildman–Crippen LogP) is 5.61. The summed E-state index contributed by atoms with van der Waals surface area (Å²) in [5.74, 6) is -0.453. The Morgan fingerprint density at radius 3 is 2.42 bits per heavy atom. The average molecular weight is 538 g/mol. The zero-order valence-corrected chi connectivity index (χ0v) is 21.7. The van der Waals surface area contributed by atoms with E-state index in [9.17, 15) is 19.5 Å². The summed E-state index contributed by atoms with van der Waals surface area (Å²) in [6.07, 6.45) is 1.75. The predicted molar refractivity (Wildman–Crippen MR) is 144 cm³/mol. The van der Waals surface area contributed by atoms with E-state index in [0.29, 0.717) is 28.7 Å². The van der Waals surface area contributed by atoms with Gasteiger partial charge < -0.3 is 30.1 Å². The minimum absolute atomic E-state index is 0.0620. The van der Waals surface area contributed by atoms with E-state index in [0.717, 1.165) is 24.0 Å². The number of amides is 3.